The van der Waals surface area contributed by atoms with Crippen LogP contribution < -0.4 is 5.32 Å². The first kappa shape index (κ1) is 9.48. The van der Waals surface area contributed by atoms with Gasteiger partial charge in [0.1, 0.15) is 5.41 Å². The summed E-state index contributed by atoms with van der Waals surface area (Å²) in [4.78, 5) is 11.4. The minimum atomic E-state index is -0.662. The van der Waals surface area contributed by atoms with Crippen LogP contribution in [-0.4, -0.2) is 36.9 Å². The van der Waals surface area contributed by atoms with E-state index in [-0.39, 0.29) is 18.6 Å². The molecule has 0 radical (unpaired) electrons. The number of aliphatic hydroxyl groups is 1. The Hall–Kier alpha value is -0.610. The number of carbonyl (C=O) groups excluding carboxylic acids is 1. The monoisotopic (exact) mass is 173 g/mol. The molecule has 0 aromatic rings. The van der Waals surface area contributed by atoms with Gasteiger partial charge in [-0.3, -0.25) is 4.79 Å². The van der Waals surface area contributed by atoms with Gasteiger partial charge in [-0.25, -0.2) is 0 Å². The quantitative estimate of drug-likeness (QED) is 0.606. The number of ether oxygens (including phenoxy) is 1. The number of carbonyl (C=O) groups is 1. The van der Waals surface area contributed by atoms with Crippen LogP contribution >= 0.6 is 0 Å². The molecule has 0 bridgehead atoms. The molecule has 0 atom stereocenters. The summed E-state index contributed by atoms with van der Waals surface area (Å²) in [6, 6.07) is 0.113. The van der Waals surface area contributed by atoms with E-state index in [2.05, 4.69) is 5.32 Å². The van der Waals surface area contributed by atoms with Crippen LogP contribution in [-0.2, 0) is 9.53 Å². The molecule has 0 unspecified atom stereocenters. The number of aliphatic hydroxyl groups excluding tert-OH is 1. The van der Waals surface area contributed by atoms with Gasteiger partial charge in [-0.1, -0.05) is 0 Å². The zero-order valence-electron chi connectivity index (χ0n) is 7.46. The summed E-state index contributed by atoms with van der Waals surface area (Å²) in [6.07, 6.45) is 0. The van der Waals surface area contributed by atoms with Crippen LogP contribution in [0.25, 0.3) is 0 Å². The lowest BCUT2D eigenvalue weighted by Crippen LogP contribution is -2.57. The number of nitrogens with one attached hydrogen (secondary N) is 1. The van der Waals surface area contributed by atoms with Gasteiger partial charge in [0.15, 0.2) is 0 Å². The number of rotatable bonds is 3. The Morgan fingerprint density at radius 2 is 2.25 bits per heavy atom. The molecule has 70 valence electrons. The largest absolute Gasteiger partial charge is 0.395 e. The highest BCUT2D eigenvalue weighted by Crippen LogP contribution is 2.26. The van der Waals surface area contributed by atoms with Gasteiger partial charge in [0.05, 0.1) is 19.8 Å². The smallest absolute Gasteiger partial charge is 0.233 e. The van der Waals surface area contributed by atoms with Crippen molar-refractivity contribution in [2.24, 2.45) is 5.41 Å². The normalized spacial score (nSPS) is 20.3. The highest BCUT2D eigenvalue weighted by Gasteiger charge is 2.45. The Labute approximate surface area is 71.9 Å². The van der Waals surface area contributed by atoms with Crippen molar-refractivity contribution in [1.82, 2.24) is 5.32 Å². The van der Waals surface area contributed by atoms with Crippen LogP contribution in [0.4, 0.5) is 0 Å². The van der Waals surface area contributed by atoms with Crippen molar-refractivity contribution >= 4 is 5.91 Å². The minimum Gasteiger partial charge on any atom is -0.395 e. The van der Waals surface area contributed by atoms with Crippen LogP contribution in [0.3, 0.4) is 0 Å². The van der Waals surface area contributed by atoms with Crippen molar-refractivity contribution in [2.45, 2.75) is 19.9 Å². The zero-order valence-corrected chi connectivity index (χ0v) is 7.46. The van der Waals surface area contributed by atoms with Gasteiger partial charge in [-0.15, -0.1) is 0 Å². The lowest BCUT2D eigenvalue weighted by Gasteiger charge is -2.38. The topological polar surface area (TPSA) is 58.6 Å². The molecule has 0 aliphatic carbocycles. The number of amides is 1. The Kier molecular flexibility index (Phi) is 2.69. The molecule has 1 aliphatic rings. The van der Waals surface area contributed by atoms with Crippen LogP contribution in [0.15, 0.2) is 0 Å². The summed E-state index contributed by atoms with van der Waals surface area (Å²) in [5.41, 5.74) is -0.662. The maximum atomic E-state index is 11.4. The molecular weight excluding hydrogens is 158 g/mol. The predicted molar refractivity (Wildman–Crippen MR) is 43.6 cm³/mol. The highest BCUT2D eigenvalue weighted by atomic mass is 16.5. The molecule has 2 N–H and O–H groups in total. The van der Waals surface area contributed by atoms with Gasteiger partial charge in [-0.05, 0) is 13.8 Å². The first-order valence-electron chi connectivity index (χ1n) is 4.10. The van der Waals surface area contributed by atoms with Crippen LogP contribution in [0, 0.1) is 5.41 Å². The van der Waals surface area contributed by atoms with Gasteiger partial charge in [0, 0.05) is 6.04 Å². The van der Waals surface area contributed by atoms with E-state index >= 15 is 0 Å². The van der Waals surface area contributed by atoms with E-state index in [1.165, 1.54) is 0 Å². The molecule has 0 spiro atoms. The van der Waals surface area contributed by atoms with Crippen molar-refractivity contribution in [3.63, 3.8) is 0 Å². The molecule has 0 aromatic heterocycles. The van der Waals surface area contributed by atoms with E-state index < -0.39 is 5.41 Å². The fourth-order valence-corrected chi connectivity index (χ4v) is 1.06. The first-order valence-corrected chi connectivity index (χ1v) is 4.10. The fourth-order valence-electron chi connectivity index (χ4n) is 1.06. The van der Waals surface area contributed by atoms with Gasteiger partial charge < -0.3 is 15.2 Å². The number of hydrogen-bond acceptors (Lipinski definition) is 3. The molecule has 4 nitrogen and oxygen atoms in total. The van der Waals surface area contributed by atoms with E-state index in [0.29, 0.717) is 13.2 Å². The third-order valence-corrected chi connectivity index (χ3v) is 1.96. The molecule has 1 fully saturated rings. The second-order valence-electron chi connectivity index (χ2n) is 3.56. The third kappa shape index (κ3) is 1.59. The summed E-state index contributed by atoms with van der Waals surface area (Å²) in [7, 11) is 0. The molecular formula is C8H15NO3. The molecule has 1 aliphatic heterocycles. The lowest BCUT2D eigenvalue weighted by molar-refractivity contribution is -0.170. The molecule has 1 saturated heterocycles. The molecule has 12 heavy (non-hydrogen) atoms. The molecule has 0 saturated carbocycles. The SMILES string of the molecule is CC(C)NC(=O)C1(CO)COC1. The van der Waals surface area contributed by atoms with Gasteiger partial charge >= 0.3 is 0 Å². The minimum absolute atomic E-state index is 0.105. The average Bonchev–Trinajstić information content (AvgIpc) is 1.83. The number of hydrogen-bond donors (Lipinski definition) is 2. The maximum Gasteiger partial charge on any atom is 0.233 e. The molecule has 0 aromatic carbocycles. The summed E-state index contributed by atoms with van der Waals surface area (Å²) < 4.78 is 4.91. The summed E-state index contributed by atoms with van der Waals surface area (Å²) in [5, 5.41) is 11.7. The highest BCUT2D eigenvalue weighted by molar-refractivity contribution is 5.84. The lowest BCUT2D eigenvalue weighted by atomic mass is 9.86. The summed E-state index contributed by atoms with van der Waals surface area (Å²) in [5.74, 6) is -0.105. The summed E-state index contributed by atoms with van der Waals surface area (Å²) >= 11 is 0. The Bertz CT molecular complexity index is 170. The van der Waals surface area contributed by atoms with Crippen molar-refractivity contribution in [2.75, 3.05) is 19.8 Å². The van der Waals surface area contributed by atoms with E-state index in [9.17, 15) is 4.79 Å². The molecule has 1 heterocycles. The van der Waals surface area contributed by atoms with Gasteiger partial charge in [0.25, 0.3) is 0 Å². The van der Waals surface area contributed by atoms with Crippen molar-refractivity contribution in [1.29, 1.82) is 0 Å². The van der Waals surface area contributed by atoms with Crippen LogP contribution in [0.5, 0.6) is 0 Å². The third-order valence-electron chi connectivity index (χ3n) is 1.96. The van der Waals surface area contributed by atoms with Crippen molar-refractivity contribution in [3.05, 3.63) is 0 Å². The standard InChI is InChI=1S/C8H15NO3/c1-6(2)9-7(11)8(3-10)4-12-5-8/h6,10H,3-5H2,1-2H3,(H,9,11). The second-order valence-corrected chi connectivity index (χ2v) is 3.56. The van der Waals surface area contributed by atoms with E-state index in [1.807, 2.05) is 13.8 Å². The molecule has 4 heteroatoms. The fraction of sp³-hybridized carbons (Fsp3) is 0.875. The van der Waals surface area contributed by atoms with E-state index in [1.54, 1.807) is 0 Å². The Morgan fingerprint density at radius 1 is 1.67 bits per heavy atom. The van der Waals surface area contributed by atoms with Gasteiger partial charge in [0.2, 0.25) is 5.91 Å². The van der Waals surface area contributed by atoms with Crippen molar-refractivity contribution < 1.29 is 14.6 Å². The van der Waals surface area contributed by atoms with E-state index in [4.69, 9.17) is 9.84 Å². The maximum absolute atomic E-state index is 11.4. The first-order chi connectivity index (χ1) is 5.60. The van der Waals surface area contributed by atoms with Gasteiger partial charge in [-0.2, -0.15) is 0 Å². The van der Waals surface area contributed by atoms with E-state index in [0.717, 1.165) is 0 Å². The predicted octanol–water partition coefficient (Wildman–Crippen LogP) is -0.480. The second kappa shape index (κ2) is 3.41. The average molecular weight is 173 g/mol. The van der Waals surface area contributed by atoms with Crippen LogP contribution in [0.2, 0.25) is 0 Å². The molecule has 1 rings (SSSR count). The Balaban J connectivity index is 2.49. The summed E-state index contributed by atoms with van der Waals surface area (Å²) in [6.45, 7) is 4.32. The Morgan fingerprint density at radius 3 is 2.50 bits per heavy atom. The van der Waals surface area contributed by atoms with Crippen molar-refractivity contribution in [3.8, 4) is 0 Å². The van der Waals surface area contributed by atoms with Crippen LogP contribution in [0.1, 0.15) is 13.8 Å². The molecule has 1 amide bonds. The zero-order chi connectivity index (χ0) is 9.19.